The van der Waals surface area contributed by atoms with E-state index in [-0.39, 0.29) is 6.04 Å². The van der Waals surface area contributed by atoms with Crippen LogP contribution in [-0.2, 0) is 0 Å². The minimum Gasteiger partial charge on any atom is -0.324 e. The monoisotopic (exact) mass is 232 g/mol. The summed E-state index contributed by atoms with van der Waals surface area (Å²) in [4.78, 5) is 3.95. The molecule has 0 bridgehead atoms. The van der Waals surface area contributed by atoms with Gasteiger partial charge in [-0.15, -0.1) is 0 Å². The second kappa shape index (κ2) is 5.54. The van der Waals surface area contributed by atoms with Crippen molar-refractivity contribution >= 4 is 23.2 Å². The third kappa shape index (κ3) is 3.12. The van der Waals surface area contributed by atoms with Gasteiger partial charge >= 0.3 is 0 Å². The third-order valence-corrected chi connectivity index (χ3v) is 2.62. The van der Waals surface area contributed by atoms with Gasteiger partial charge in [0.05, 0.1) is 0 Å². The first-order valence-electron chi connectivity index (χ1n) is 4.72. The molecule has 0 saturated heterocycles. The average Bonchev–Trinajstić information content (AvgIpc) is 2.14. The molecule has 1 rings (SSSR count). The molecule has 1 aromatic rings. The zero-order chi connectivity index (χ0) is 10.6. The van der Waals surface area contributed by atoms with Gasteiger partial charge in [0.15, 0.2) is 0 Å². The van der Waals surface area contributed by atoms with E-state index in [1.54, 1.807) is 6.07 Å². The second-order valence-corrected chi connectivity index (χ2v) is 4.01. The van der Waals surface area contributed by atoms with Crippen molar-refractivity contribution in [1.82, 2.24) is 4.98 Å². The first-order valence-corrected chi connectivity index (χ1v) is 5.48. The van der Waals surface area contributed by atoms with Crippen LogP contribution in [0.4, 0.5) is 0 Å². The molecule has 0 radical (unpaired) electrons. The zero-order valence-electron chi connectivity index (χ0n) is 8.13. The number of nitrogens with two attached hydrogens (primary N) is 1. The predicted octanol–water partition coefficient (Wildman–Crippen LogP) is 3.58. The first kappa shape index (κ1) is 11.8. The van der Waals surface area contributed by atoms with Crippen LogP contribution in [0.3, 0.4) is 0 Å². The summed E-state index contributed by atoms with van der Waals surface area (Å²) in [6, 6.07) is 3.53. The molecule has 2 N–H and O–H groups in total. The minimum atomic E-state index is -0.0350. The van der Waals surface area contributed by atoms with Crippen LogP contribution in [0.5, 0.6) is 0 Å². The molecule has 0 aliphatic rings. The standard InChI is InChI=1S/C10H14Cl2N2/c1-2-3-4-8(13)7-5-6-9(11)14-10(7)12/h5-6,8H,2-4,13H2,1H3/t8-/m0/s1. The number of unbranched alkanes of at least 4 members (excludes halogenated alkanes) is 1. The molecule has 1 atom stereocenters. The Labute approximate surface area is 94.4 Å². The topological polar surface area (TPSA) is 38.9 Å². The Bertz CT molecular complexity index is 302. The van der Waals surface area contributed by atoms with Gasteiger partial charge in [0.1, 0.15) is 10.3 Å². The Kier molecular flexibility index (Phi) is 4.66. The van der Waals surface area contributed by atoms with Gasteiger partial charge in [0.2, 0.25) is 0 Å². The third-order valence-electron chi connectivity index (χ3n) is 2.11. The highest BCUT2D eigenvalue weighted by Gasteiger charge is 2.10. The van der Waals surface area contributed by atoms with Crippen LogP contribution in [-0.4, -0.2) is 4.98 Å². The van der Waals surface area contributed by atoms with E-state index in [2.05, 4.69) is 11.9 Å². The smallest absolute Gasteiger partial charge is 0.135 e. The van der Waals surface area contributed by atoms with Crippen molar-refractivity contribution in [3.8, 4) is 0 Å². The lowest BCUT2D eigenvalue weighted by molar-refractivity contribution is 0.602. The van der Waals surface area contributed by atoms with Crippen molar-refractivity contribution in [2.45, 2.75) is 32.2 Å². The normalized spacial score (nSPS) is 12.9. The molecule has 0 amide bonds. The Morgan fingerprint density at radius 3 is 2.71 bits per heavy atom. The summed E-state index contributed by atoms with van der Waals surface area (Å²) in [6.45, 7) is 2.13. The largest absolute Gasteiger partial charge is 0.324 e. The second-order valence-electron chi connectivity index (χ2n) is 3.26. The number of pyridine rings is 1. The Morgan fingerprint density at radius 2 is 2.14 bits per heavy atom. The minimum absolute atomic E-state index is 0.0350. The maximum atomic E-state index is 5.96. The molecular weight excluding hydrogens is 219 g/mol. The fourth-order valence-electron chi connectivity index (χ4n) is 1.28. The van der Waals surface area contributed by atoms with Crippen molar-refractivity contribution in [2.75, 3.05) is 0 Å². The fraction of sp³-hybridized carbons (Fsp3) is 0.500. The summed E-state index contributed by atoms with van der Waals surface area (Å²) in [5, 5.41) is 0.822. The van der Waals surface area contributed by atoms with Crippen molar-refractivity contribution in [3.05, 3.63) is 28.0 Å². The van der Waals surface area contributed by atoms with Crippen molar-refractivity contribution in [1.29, 1.82) is 0 Å². The molecule has 0 aliphatic carbocycles. The molecule has 14 heavy (non-hydrogen) atoms. The molecule has 0 spiro atoms. The van der Waals surface area contributed by atoms with Crippen LogP contribution in [0.2, 0.25) is 10.3 Å². The maximum absolute atomic E-state index is 5.96. The number of nitrogens with zero attached hydrogens (tertiary/aromatic N) is 1. The fourth-order valence-corrected chi connectivity index (χ4v) is 1.76. The number of aromatic nitrogens is 1. The van der Waals surface area contributed by atoms with Gasteiger partial charge in [-0.1, -0.05) is 49.0 Å². The first-order chi connectivity index (χ1) is 6.65. The van der Waals surface area contributed by atoms with Crippen molar-refractivity contribution < 1.29 is 0 Å². The van der Waals surface area contributed by atoms with Crippen LogP contribution < -0.4 is 5.73 Å². The molecule has 1 heterocycles. The van der Waals surface area contributed by atoms with Gasteiger partial charge in [0.25, 0.3) is 0 Å². The molecule has 1 aromatic heterocycles. The van der Waals surface area contributed by atoms with E-state index in [0.29, 0.717) is 10.3 Å². The molecule has 2 nitrogen and oxygen atoms in total. The molecule has 0 aliphatic heterocycles. The van der Waals surface area contributed by atoms with Crippen molar-refractivity contribution in [2.24, 2.45) is 5.73 Å². The molecule has 0 fully saturated rings. The quantitative estimate of drug-likeness (QED) is 0.807. The summed E-state index contributed by atoms with van der Waals surface area (Å²) in [7, 11) is 0. The molecule has 0 unspecified atom stereocenters. The zero-order valence-corrected chi connectivity index (χ0v) is 9.65. The predicted molar refractivity (Wildman–Crippen MR) is 60.7 cm³/mol. The van der Waals surface area contributed by atoms with Gasteiger partial charge in [-0.3, -0.25) is 0 Å². The number of hydrogen-bond donors (Lipinski definition) is 1. The summed E-state index contributed by atoms with van der Waals surface area (Å²) in [6.07, 6.45) is 3.16. The molecule has 0 aromatic carbocycles. The molecular formula is C10H14Cl2N2. The lowest BCUT2D eigenvalue weighted by Crippen LogP contribution is -2.11. The summed E-state index contributed by atoms with van der Waals surface area (Å²) in [5.41, 5.74) is 6.84. The number of hydrogen-bond acceptors (Lipinski definition) is 2. The van der Waals surface area contributed by atoms with Gasteiger partial charge in [-0.05, 0) is 12.5 Å². The summed E-state index contributed by atoms with van der Waals surface area (Å²) in [5.74, 6) is 0. The Hall–Kier alpha value is -0.310. The van der Waals surface area contributed by atoms with Gasteiger partial charge in [-0.25, -0.2) is 4.98 Å². The summed E-state index contributed by atoms with van der Waals surface area (Å²) < 4.78 is 0. The Balaban J connectivity index is 2.74. The molecule has 0 saturated carbocycles. The van der Waals surface area contributed by atoms with Crippen LogP contribution in [0.1, 0.15) is 37.8 Å². The average molecular weight is 233 g/mol. The number of halogens is 2. The van der Waals surface area contributed by atoms with E-state index in [4.69, 9.17) is 28.9 Å². The van der Waals surface area contributed by atoms with Crippen molar-refractivity contribution in [3.63, 3.8) is 0 Å². The van der Waals surface area contributed by atoms with Crippen LogP contribution in [0, 0.1) is 0 Å². The number of rotatable bonds is 4. The van der Waals surface area contributed by atoms with E-state index in [0.717, 1.165) is 24.8 Å². The van der Waals surface area contributed by atoms with E-state index in [9.17, 15) is 0 Å². The SMILES string of the molecule is CCCC[C@H](N)c1ccc(Cl)nc1Cl. The van der Waals surface area contributed by atoms with E-state index < -0.39 is 0 Å². The van der Waals surface area contributed by atoms with Crippen LogP contribution in [0.25, 0.3) is 0 Å². The summed E-state index contributed by atoms with van der Waals surface area (Å²) >= 11 is 11.6. The van der Waals surface area contributed by atoms with E-state index in [1.807, 2.05) is 6.07 Å². The van der Waals surface area contributed by atoms with E-state index in [1.165, 1.54) is 0 Å². The lowest BCUT2D eigenvalue weighted by Gasteiger charge is -2.12. The van der Waals surface area contributed by atoms with E-state index >= 15 is 0 Å². The van der Waals surface area contributed by atoms with Gasteiger partial charge in [0, 0.05) is 11.6 Å². The maximum Gasteiger partial charge on any atom is 0.135 e. The van der Waals surface area contributed by atoms with Gasteiger partial charge < -0.3 is 5.73 Å². The van der Waals surface area contributed by atoms with Gasteiger partial charge in [-0.2, -0.15) is 0 Å². The van der Waals surface area contributed by atoms with Crippen LogP contribution in [0.15, 0.2) is 12.1 Å². The molecule has 78 valence electrons. The highest BCUT2D eigenvalue weighted by atomic mass is 35.5. The highest BCUT2D eigenvalue weighted by molar-refractivity contribution is 6.32. The Morgan fingerprint density at radius 1 is 1.43 bits per heavy atom. The lowest BCUT2D eigenvalue weighted by atomic mass is 10.0. The molecule has 4 heteroatoms. The van der Waals surface area contributed by atoms with Crippen LogP contribution >= 0.6 is 23.2 Å². The highest BCUT2D eigenvalue weighted by Crippen LogP contribution is 2.24.